The summed E-state index contributed by atoms with van der Waals surface area (Å²) in [6, 6.07) is 7.41. The highest BCUT2D eigenvalue weighted by Gasteiger charge is 2.49. The van der Waals surface area contributed by atoms with E-state index in [0.29, 0.717) is 13.0 Å². The molecule has 2 aliphatic rings. The first kappa shape index (κ1) is 18.7. The van der Waals surface area contributed by atoms with Gasteiger partial charge < -0.3 is 19.5 Å². The van der Waals surface area contributed by atoms with Crippen LogP contribution in [0.2, 0.25) is 0 Å². The Morgan fingerprint density at radius 2 is 2.00 bits per heavy atom. The van der Waals surface area contributed by atoms with Gasteiger partial charge in [-0.2, -0.15) is 0 Å². The summed E-state index contributed by atoms with van der Waals surface area (Å²) < 4.78 is 10.8. The largest absolute Gasteiger partial charge is 0.497 e. The third-order valence-electron chi connectivity index (χ3n) is 5.87. The molecular weight excluding hydrogens is 334 g/mol. The fourth-order valence-corrected chi connectivity index (χ4v) is 4.49. The van der Waals surface area contributed by atoms with Crippen LogP contribution in [0.4, 0.5) is 0 Å². The van der Waals surface area contributed by atoms with Gasteiger partial charge in [0.25, 0.3) is 0 Å². The van der Waals surface area contributed by atoms with Gasteiger partial charge in [-0.3, -0.25) is 9.59 Å². The summed E-state index contributed by atoms with van der Waals surface area (Å²) in [4.78, 5) is 26.7. The normalized spacial score (nSPS) is 24.6. The van der Waals surface area contributed by atoms with E-state index in [1.807, 2.05) is 24.3 Å². The summed E-state index contributed by atoms with van der Waals surface area (Å²) in [7, 11) is 3.23. The molecule has 1 aliphatic heterocycles. The van der Waals surface area contributed by atoms with Crippen LogP contribution in [-0.4, -0.2) is 54.8 Å². The second-order valence-electron chi connectivity index (χ2n) is 7.32. The maximum Gasteiger partial charge on any atom is 0.305 e. The number of carbonyl (C=O) groups is 2. The Kier molecular flexibility index (Phi) is 5.51. The number of nitrogens with zero attached hydrogens (tertiary/aromatic N) is 1. The van der Waals surface area contributed by atoms with Gasteiger partial charge in [-0.15, -0.1) is 0 Å². The first-order chi connectivity index (χ1) is 12.5. The number of carboxylic acids is 1. The Morgan fingerprint density at radius 3 is 2.62 bits per heavy atom. The maximum absolute atomic E-state index is 13.7. The van der Waals surface area contributed by atoms with Crippen LogP contribution in [0.25, 0.3) is 0 Å². The minimum atomic E-state index is -0.883. The van der Waals surface area contributed by atoms with Crippen molar-refractivity contribution in [2.75, 3.05) is 20.8 Å². The van der Waals surface area contributed by atoms with Crippen LogP contribution < -0.4 is 4.74 Å². The van der Waals surface area contributed by atoms with Crippen molar-refractivity contribution in [2.45, 2.75) is 56.1 Å². The molecule has 26 heavy (non-hydrogen) atoms. The van der Waals surface area contributed by atoms with Gasteiger partial charge >= 0.3 is 5.97 Å². The minimum absolute atomic E-state index is 0.0362. The number of carbonyl (C=O) groups excluding carboxylic acids is 1. The number of likely N-dealkylation sites (tertiary alicyclic amines) is 1. The lowest BCUT2D eigenvalue weighted by atomic mass is 9.77. The van der Waals surface area contributed by atoms with E-state index in [1.54, 1.807) is 19.1 Å². The molecule has 0 radical (unpaired) electrons. The average molecular weight is 361 g/mol. The predicted molar refractivity (Wildman–Crippen MR) is 96.3 cm³/mol. The van der Waals surface area contributed by atoms with E-state index in [1.165, 1.54) is 0 Å². The van der Waals surface area contributed by atoms with E-state index in [2.05, 4.69) is 0 Å². The molecule has 1 heterocycles. The molecule has 2 fully saturated rings. The number of rotatable bonds is 6. The number of carboxylic acid groups (broad SMARTS) is 1. The highest BCUT2D eigenvalue weighted by molar-refractivity contribution is 5.89. The summed E-state index contributed by atoms with van der Waals surface area (Å²) in [5, 5.41) is 9.25. The summed E-state index contributed by atoms with van der Waals surface area (Å²) >= 11 is 0. The van der Waals surface area contributed by atoms with Gasteiger partial charge in [0, 0.05) is 19.7 Å². The van der Waals surface area contributed by atoms with Crippen molar-refractivity contribution < 1.29 is 24.2 Å². The fourth-order valence-electron chi connectivity index (χ4n) is 4.49. The van der Waals surface area contributed by atoms with Gasteiger partial charge in [-0.05, 0) is 37.0 Å². The Morgan fingerprint density at radius 1 is 1.27 bits per heavy atom. The number of ether oxygens (including phenoxy) is 2. The Balaban J connectivity index is 1.94. The van der Waals surface area contributed by atoms with Gasteiger partial charge in [-0.25, -0.2) is 0 Å². The lowest BCUT2D eigenvalue weighted by Crippen LogP contribution is -2.48. The molecule has 1 saturated heterocycles. The topological polar surface area (TPSA) is 76.1 Å². The monoisotopic (exact) mass is 361 g/mol. The van der Waals surface area contributed by atoms with E-state index in [4.69, 9.17) is 9.47 Å². The first-order valence-electron chi connectivity index (χ1n) is 9.20. The number of benzene rings is 1. The molecule has 6 heteroatoms. The molecule has 1 amide bonds. The second kappa shape index (κ2) is 7.66. The van der Waals surface area contributed by atoms with Crippen LogP contribution in [0.3, 0.4) is 0 Å². The predicted octanol–water partition coefficient (Wildman–Crippen LogP) is 2.60. The van der Waals surface area contributed by atoms with Gasteiger partial charge in [0.1, 0.15) is 5.75 Å². The van der Waals surface area contributed by atoms with Crippen LogP contribution in [0.5, 0.6) is 5.75 Å². The van der Waals surface area contributed by atoms with E-state index >= 15 is 0 Å². The summed E-state index contributed by atoms with van der Waals surface area (Å²) in [6.07, 6.45) is 3.98. The maximum atomic E-state index is 13.7. The zero-order valence-electron chi connectivity index (χ0n) is 15.4. The molecule has 1 N–H and O–H groups in total. The zero-order valence-corrected chi connectivity index (χ0v) is 15.4. The number of methoxy groups -OCH3 is 2. The van der Waals surface area contributed by atoms with E-state index in [9.17, 15) is 14.7 Å². The van der Waals surface area contributed by atoms with E-state index < -0.39 is 11.4 Å². The van der Waals surface area contributed by atoms with Crippen LogP contribution in [0, 0.1) is 0 Å². The van der Waals surface area contributed by atoms with Crippen molar-refractivity contribution in [3.8, 4) is 5.75 Å². The molecule has 2 unspecified atom stereocenters. The molecule has 142 valence electrons. The summed E-state index contributed by atoms with van der Waals surface area (Å²) in [5.74, 6) is -0.111. The highest BCUT2D eigenvalue weighted by Crippen LogP contribution is 2.45. The molecule has 1 saturated carbocycles. The van der Waals surface area contributed by atoms with Crippen molar-refractivity contribution >= 4 is 11.9 Å². The van der Waals surface area contributed by atoms with Gasteiger partial charge in [0.05, 0.1) is 25.0 Å². The number of hydrogen-bond acceptors (Lipinski definition) is 4. The van der Waals surface area contributed by atoms with Crippen LogP contribution >= 0.6 is 0 Å². The molecule has 1 aromatic carbocycles. The summed E-state index contributed by atoms with van der Waals surface area (Å²) in [5.41, 5.74) is 0.378. The lowest BCUT2D eigenvalue weighted by molar-refractivity contribution is -0.142. The van der Waals surface area contributed by atoms with Gasteiger partial charge in [0.15, 0.2) is 0 Å². The van der Waals surface area contributed by atoms with Crippen molar-refractivity contribution in [3.63, 3.8) is 0 Å². The zero-order chi connectivity index (χ0) is 18.7. The molecule has 6 nitrogen and oxygen atoms in total. The van der Waals surface area contributed by atoms with Gasteiger partial charge in [-0.1, -0.05) is 25.0 Å². The smallest absolute Gasteiger partial charge is 0.305 e. The third-order valence-corrected chi connectivity index (χ3v) is 5.87. The quantitative estimate of drug-likeness (QED) is 0.843. The Bertz CT molecular complexity index is 668. The Labute approximate surface area is 154 Å². The number of amides is 1. The van der Waals surface area contributed by atoms with E-state index in [-0.39, 0.29) is 24.5 Å². The molecule has 0 spiro atoms. The molecule has 1 aromatic rings. The second-order valence-corrected chi connectivity index (χ2v) is 7.32. The summed E-state index contributed by atoms with van der Waals surface area (Å²) in [6.45, 7) is 0.457. The standard InChI is InChI=1S/C20H27NO5/c1-25-16-7-5-6-14(10-16)20(8-3-4-9-20)19(24)21-13-17(26-2)11-15(21)12-18(22)23/h5-7,10,15,17H,3-4,8-9,11-13H2,1-2H3,(H,22,23). The Hall–Kier alpha value is -2.08. The molecule has 1 aliphatic carbocycles. The molecule has 0 aromatic heterocycles. The van der Waals surface area contributed by atoms with Crippen molar-refractivity contribution in [3.05, 3.63) is 29.8 Å². The lowest BCUT2D eigenvalue weighted by Gasteiger charge is -2.35. The third kappa shape index (κ3) is 3.43. The number of hydrogen-bond donors (Lipinski definition) is 1. The highest BCUT2D eigenvalue weighted by atomic mass is 16.5. The van der Waals surface area contributed by atoms with E-state index in [0.717, 1.165) is 37.0 Å². The van der Waals surface area contributed by atoms with Gasteiger partial charge in [0.2, 0.25) is 5.91 Å². The SMILES string of the molecule is COc1cccc(C2(C(=O)N3CC(OC)CC3CC(=O)O)CCCC2)c1. The molecule has 2 atom stereocenters. The first-order valence-corrected chi connectivity index (χ1v) is 9.20. The van der Waals surface area contributed by atoms with Crippen molar-refractivity contribution in [1.82, 2.24) is 4.90 Å². The van der Waals surface area contributed by atoms with Crippen molar-refractivity contribution in [1.29, 1.82) is 0 Å². The number of aliphatic carboxylic acids is 1. The van der Waals surface area contributed by atoms with Crippen LogP contribution in [-0.2, 0) is 19.7 Å². The molecular formula is C20H27NO5. The fraction of sp³-hybridized carbons (Fsp3) is 0.600. The average Bonchev–Trinajstić information content (AvgIpc) is 3.28. The minimum Gasteiger partial charge on any atom is -0.497 e. The van der Waals surface area contributed by atoms with Crippen molar-refractivity contribution in [2.24, 2.45) is 0 Å². The van der Waals surface area contributed by atoms with Crippen LogP contribution in [0.15, 0.2) is 24.3 Å². The molecule has 0 bridgehead atoms. The molecule has 3 rings (SSSR count). The van der Waals surface area contributed by atoms with Crippen LogP contribution in [0.1, 0.15) is 44.1 Å².